The van der Waals surface area contributed by atoms with Gasteiger partial charge in [0.25, 0.3) is 0 Å². The molecule has 0 radical (unpaired) electrons. The highest BCUT2D eigenvalue weighted by Gasteiger charge is 2.35. The van der Waals surface area contributed by atoms with Gasteiger partial charge >= 0.3 is 0 Å². The van der Waals surface area contributed by atoms with E-state index in [0.717, 1.165) is 17.9 Å². The van der Waals surface area contributed by atoms with E-state index in [9.17, 15) is 0 Å². The van der Waals surface area contributed by atoms with E-state index in [2.05, 4.69) is 23.6 Å². The average Bonchev–Trinajstić information content (AvgIpc) is 2.43. The lowest BCUT2D eigenvalue weighted by Gasteiger charge is -2.49. The molecule has 3 nitrogen and oxygen atoms in total. The Balaban J connectivity index is 1.58. The van der Waals surface area contributed by atoms with Gasteiger partial charge < -0.3 is 5.73 Å². The molecule has 2 heterocycles. The molecule has 5 atom stereocenters. The molecule has 3 fully saturated rings. The van der Waals surface area contributed by atoms with Gasteiger partial charge in [0.2, 0.25) is 0 Å². The lowest BCUT2D eigenvalue weighted by atomic mass is 9.78. The summed E-state index contributed by atoms with van der Waals surface area (Å²) in [4.78, 5) is 5.50. The normalized spacial score (nSPS) is 44.2. The molecule has 0 spiro atoms. The minimum absolute atomic E-state index is 0.447. The van der Waals surface area contributed by atoms with Crippen molar-refractivity contribution in [3.05, 3.63) is 0 Å². The van der Waals surface area contributed by atoms with E-state index in [0.29, 0.717) is 12.1 Å². The molecule has 20 heavy (non-hydrogen) atoms. The Kier molecular flexibility index (Phi) is 4.68. The summed E-state index contributed by atoms with van der Waals surface area (Å²) in [5.74, 6) is 1.61. The van der Waals surface area contributed by atoms with Crippen molar-refractivity contribution in [1.29, 1.82) is 0 Å². The SMILES string of the molecule is CC1CCC(N)C(CN2CC3CCCCN3CC2C)C1. The van der Waals surface area contributed by atoms with Crippen molar-refractivity contribution < 1.29 is 0 Å². The maximum Gasteiger partial charge on any atom is 0.0223 e. The van der Waals surface area contributed by atoms with E-state index >= 15 is 0 Å². The van der Waals surface area contributed by atoms with Crippen LogP contribution in [0.1, 0.15) is 52.4 Å². The molecule has 2 aliphatic heterocycles. The second-order valence-corrected chi connectivity index (χ2v) is 7.79. The van der Waals surface area contributed by atoms with Gasteiger partial charge in [0, 0.05) is 37.8 Å². The standard InChI is InChI=1S/C17H33N3/c1-13-6-7-17(18)15(9-13)11-20-12-16-5-3-4-8-19(16)10-14(20)2/h13-17H,3-12,18H2,1-2H3. The lowest BCUT2D eigenvalue weighted by Crippen LogP contribution is -2.60. The van der Waals surface area contributed by atoms with Gasteiger partial charge in [-0.1, -0.05) is 13.3 Å². The molecule has 0 aromatic carbocycles. The molecule has 5 unspecified atom stereocenters. The molecular weight excluding hydrogens is 246 g/mol. The molecule has 2 saturated heterocycles. The van der Waals surface area contributed by atoms with Crippen LogP contribution >= 0.6 is 0 Å². The van der Waals surface area contributed by atoms with Crippen LogP contribution in [0.3, 0.4) is 0 Å². The van der Waals surface area contributed by atoms with E-state index in [1.165, 1.54) is 64.7 Å². The van der Waals surface area contributed by atoms with Gasteiger partial charge in [0.05, 0.1) is 0 Å². The van der Waals surface area contributed by atoms with Crippen LogP contribution in [0.5, 0.6) is 0 Å². The van der Waals surface area contributed by atoms with Crippen molar-refractivity contribution in [2.75, 3.05) is 26.2 Å². The molecule has 0 bridgehead atoms. The zero-order valence-corrected chi connectivity index (χ0v) is 13.4. The van der Waals surface area contributed by atoms with Gasteiger partial charge in [0.1, 0.15) is 0 Å². The number of rotatable bonds is 2. The van der Waals surface area contributed by atoms with Gasteiger partial charge in [0.15, 0.2) is 0 Å². The summed E-state index contributed by atoms with van der Waals surface area (Å²) in [5.41, 5.74) is 6.40. The van der Waals surface area contributed by atoms with E-state index in [-0.39, 0.29) is 0 Å². The fourth-order valence-electron chi connectivity index (χ4n) is 4.70. The minimum atomic E-state index is 0.447. The molecular formula is C17H33N3. The molecule has 0 aromatic heterocycles. The fourth-order valence-corrected chi connectivity index (χ4v) is 4.70. The Morgan fingerprint density at radius 3 is 2.75 bits per heavy atom. The summed E-state index contributed by atoms with van der Waals surface area (Å²) < 4.78 is 0. The second kappa shape index (κ2) is 6.33. The van der Waals surface area contributed by atoms with Gasteiger partial charge in [-0.3, -0.25) is 9.80 Å². The van der Waals surface area contributed by atoms with E-state index in [1.54, 1.807) is 0 Å². The van der Waals surface area contributed by atoms with Gasteiger partial charge in [-0.2, -0.15) is 0 Å². The van der Waals surface area contributed by atoms with Crippen molar-refractivity contribution in [1.82, 2.24) is 9.80 Å². The number of hydrogen-bond acceptors (Lipinski definition) is 3. The molecule has 3 heteroatoms. The molecule has 1 saturated carbocycles. The van der Waals surface area contributed by atoms with E-state index in [1.807, 2.05) is 0 Å². The average molecular weight is 279 g/mol. The van der Waals surface area contributed by atoms with Crippen LogP contribution in [-0.2, 0) is 0 Å². The van der Waals surface area contributed by atoms with E-state index < -0.39 is 0 Å². The van der Waals surface area contributed by atoms with Crippen LogP contribution in [0, 0.1) is 11.8 Å². The van der Waals surface area contributed by atoms with Gasteiger partial charge in [-0.25, -0.2) is 0 Å². The highest BCUT2D eigenvalue weighted by molar-refractivity contribution is 4.92. The second-order valence-electron chi connectivity index (χ2n) is 7.79. The smallest absolute Gasteiger partial charge is 0.0223 e. The van der Waals surface area contributed by atoms with Crippen LogP contribution in [0.2, 0.25) is 0 Å². The van der Waals surface area contributed by atoms with Crippen molar-refractivity contribution in [2.24, 2.45) is 17.6 Å². The fraction of sp³-hybridized carbons (Fsp3) is 1.00. The third-order valence-corrected chi connectivity index (χ3v) is 6.09. The summed E-state index contributed by atoms with van der Waals surface area (Å²) in [7, 11) is 0. The molecule has 116 valence electrons. The molecule has 2 N–H and O–H groups in total. The number of piperidine rings is 1. The number of piperazine rings is 1. The van der Waals surface area contributed by atoms with Gasteiger partial charge in [-0.05, 0) is 57.4 Å². The quantitative estimate of drug-likeness (QED) is 0.842. The first-order valence-corrected chi connectivity index (χ1v) is 8.87. The zero-order valence-electron chi connectivity index (χ0n) is 13.4. The van der Waals surface area contributed by atoms with E-state index in [4.69, 9.17) is 5.73 Å². The van der Waals surface area contributed by atoms with Crippen LogP contribution in [0.25, 0.3) is 0 Å². The number of fused-ring (bicyclic) bond motifs is 1. The largest absolute Gasteiger partial charge is 0.327 e. The van der Waals surface area contributed by atoms with Crippen LogP contribution in [0.15, 0.2) is 0 Å². The first-order chi connectivity index (χ1) is 9.63. The summed E-state index contributed by atoms with van der Waals surface area (Å²) >= 11 is 0. The topological polar surface area (TPSA) is 32.5 Å². The predicted octanol–water partition coefficient (Wildman–Crippen LogP) is 2.31. The number of hydrogen-bond donors (Lipinski definition) is 1. The van der Waals surface area contributed by atoms with Crippen molar-refractivity contribution in [3.63, 3.8) is 0 Å². The maximum atomic E-state index is 6.40. The van der Waals surface area contributed by atoms with Crippen molar-refractivity contribution >= 4 is 0 Å². The van der Waals surface area contributed by atoms with Gasteiger partial charge in [-0.15, -0.1) is 0 Å². The van der Waals surface area contributed by atoms with Crippen LogP contribution in [0.4, 0.5) is 0 Å². The lowest BCUT2D eigenvalue weighted by molar-refractivity contribution is 0.00124. The number of nitrogens with two attached hydrogens (primary N) is 1. The minimum Gasteiger partial charge on any atom is -0.327 e. The molecule has 0 aromatic rings. The monoisotopic (exact) mass is 279 g/mol. The van der Waals surface area contributed by atoms with Crippen molar-refractivity contribution in [2.45, 2.75) is 70.5 Å². The molecule has 0 amide bonds. The summed E-state index contributed by atoms with van der Waals surface area (Å²) in [5, 5.41) is 0. The first-order valence-electron chi connectivity index (χ1n) is 8.87. The summed E-state index contributed by atoms with van der Waals surface area (Å²) in [6.07, 6.45) is 8.18. The molecule has 3 aliphatic rings. The first kappa shape index (κ1) is 14.8. The Morgan fingerprint density at radius 1 is 1.05 bits per heavy atom. The Morgan fingerprint density at radius 2 is 1.90 bits per heavy atom. The summed E-state index contributed by atoms with van der Waals surface area (Å²) in [6.45, 7) is 9.98. The third-order valence-electron chi connectivity index (χ3n) is 6.09. The highest BCUT2D eigenvalue weighted by atomic mass is 15.3. The molecule has 3 rings (SSSR count). The van der Waals surface area contributed by atoms with Crippen LogP contribution < -0.4 is 5.73 Å². The summed E-state index contributed by atoms with van der Waals surface area (Å²) in [6, 6.07) is 1.99. The third kappa shape index (κ3) is 3.20. The zero-order chi connectivity index (χ0) is 14.1. The highest BCUT2D eigenvalue weighted by Crippen LogP contribution is 2.31. The number of nitrogens with zero attached hydrogens (tertiary/aromatic N) is 2. The van der Waals surface area contributed by atoms with Crippen molar-refractivity contribution in [3.8, 4) is 0 Å². The van der Waals surface area contributed by atoms with Crippen LogP contribution in [-0.4, -0.2) is 54.1 Å². The predicted molar refractivity (Wildman–Crippen MR) is 84.7 cm³/mol. The Labute approximate surface area is 124 Å². The molecule has 1 aliphatic carbocycles. The Bertz CT molecular complexity index is 319. The Hall–Kier alpha value is -0.120. The maximum absolute atomic E-state index is 6.40.